The number of anilines is 1. The molecule has 0 aliphatic carbocycles. The van der Waals surface area contributed by atoms with Gasteiger partial charge in [0, 0.05) is 13.1 Å². The molecular formula is C14H17FN2O3. The van der Waals surface area contributed by atoms with Crippen molar-refractivity contribution in [3.63, 3.8) is 0 Å². The molecule has 1 heterocycles. The first-order valence-corrected chi connectivity index (χ1v) is 6.38. The first kappa shape index (κ1) is 14.3. The molecule has 20 heavy (non-hydrogen) atoms. The maximum atomic E-state index is 13.2. The van der Waals surface area contributed by atoms with Crippen molar-refractivity contribution in [1.29, 1.82) is 0 Å². The van der Waals surface area contributed by atoms with Crippen LogP contribution in [0.3, 0.4) is 0 Å². The lowest BCUT2D eigenvalue weighted by molar-refractivity contribution is -0.146. The number of amides is 2. The van der Waals surface area contributed by atoms with Crippen molar-refractivity contribution in [2.45, 2.75) is 20.3 Å². The summed E-state index contributed by atoms with van der Waals surface area (Å²) in [6, 6.07) is 3.96. The summed E-state index contributed by atoms with van der Waals surface area (Å²) in [6.45, 7) is 3.56. The van der Waals surface area contributed by atoms with Gasteiger partial charge in [-0.3, -0.25) is 9.69 Å². The van der Waals surface area contributed by atoms with E-state index in [1.807, 2.05) is 0 Å². The second kappa shape index (κ2) is 5.11. The Morgan fingerprint density at radius 1 is 1.45 bits per heavy atom. The van der Waals surface area contributed by atoms with Gasteiger partial charge >= 0.3 is 12.0 Å². The SMILES string of the molecule is CC(C)(CNC(=O)N1CCc2ccc(F)cc21)C(=O)O. The Hall–Kier alpha value is -2.11. The Bertz CT molecular complexity index is 557. The average molecular weight is 280 g/mol. The highest BCUT2D eigenvalue weighted by Crippen LogP contribution is 2.28. The minimum atomic E-state index is -1.04. The third kappa shape index (κ3) is 2.74. The van der Waals surface area contributed by atoms with E-state index in [4.69, 9.17) is 5.11 Å². The van der Waals surface area contributed by atoms with Crippen LogP contribution in [0.2, 0.25) is 0 Å². The van der Waals surface area contributed by atoms with Gasteiger partial charge in [-0.1, -0.05) is 6.07 Å². The Kier molecular flexibility index (Phi) is 3.65. The van der Waals surface area contributed by atoms with Crippen LogP contribution in [0.1, 0.15) is 19.4 Å². The van der Waals surface area contributed by atoms with Crippen LogP contribution in [0, 0.1) is 11.2 Å². The van der Waals surface area contributed by atoms with E-state index < -0.39 is 23.2 Å². The summed E-state index contributed by atoms with van der Waals surface area (Å²) in [5.41, 5.74) is 0.426. The highest BCUT2D eigenvalue weighted by molar-refractivity contribution is 5.94. The number of rotatable bonds is 3. The number of carbonyl (C=O) groups is 2. The molecule has 1 aromatic carbocycles. The van der Waals surface area contributed by atoms with Crippen molar-refractivity contribution >= 4 is 17.7 Å². The molecule has 2 rings (SSSR count). The number of carboxylic acid groups (broad SMARTS) is 1. The van der Waals surface area contributed by atoms with Crippen molar-refractivity contribution < 1.29 is 19.1 Å². The fraction of sp³-hybridized carbons (Fsp3) is 0.429. The van der Waals surface area contributed by atoms with E-state index in [0.717, 1.165) is 5.56 Å². The van der Waals surface area contributed by atoms with Crippen LogP contribution >= 0.6 is 0 Å². The van der Waals surface area contributed by atoms with Gasteiger partial charge in [0.2, 0.25) is 0 Å². The molecule has 0 fully saturated rings. The first-order valence-electron chi connectivity index (χ1n) is 6.38. The quantitative estimate of drug-likeness (QED) is 0.889. The van der Waals surface area contributed by atoms with Gasteiger partial charge in [-0.25, -0.2) is 9.18 Å². The van der Waals surface area contributed by atoms with Crippen LogP contribution < -0.4 is 10.2 Å². The molecule has 0 aromatic heterocycles. The molecule has 2 N–H and O–H groups in total. The second-order valence-corrected chi connectivity index (χ2v) is 5.52. The molecule has 0 bridgehead atoms. The van der Waals surface area contributed by atoms with E-state index in [9.17, 15) is 14.0 Å². The van der Waals surface area contributed by atoms with E-state index >= 15 is 0 Å². The van der Waals surface area contributed by atoms with Crippen LogP contribution in [0.25, 0.3) is 0 Å². The zero-order chi connectivity index (χ0) is 14.9. The smallest absolute Gasteiger partial charge is 0.321 e. The summed E-state index contributed by atoms with van der Waals surface area (Å²) >= 11 is 0. The number of hydrogen-bond acceptors (Lipinski definition) is 2. The molecule has 6 heteroatoms. The maximum absolute atomic E-state index is 13.2. The van der Waals surface area contributed by atoms with Gasteiger partial charge in [-0.2, -0.15) is 0 Å². The van der Waals surface area contributed by atoms with Crippen LogP contribution in [0.4, 0.5) is 14.9 Å². The van der Waals surface area contributed by atoms with Crippen molar-refractivity contribution in [3.05, 3.63) is 29.6 Å². The van der Waals surface area contributed by atoms with Crippen LogP contribution in [0.15, 0.2) is 18.2 Å². The largest absolute Gasteiger partial charge is 0.481 e. The summed E-state index contributed by atoms with van der Waals surface area (Å²) < 4.78 is 13.2. The molecule has 108 valence electrons. The summed E-state index contributed by atoms with van der Waals surface area (Å²) in [4.78, 5) is 24.5. The molecule has 5 nitrogen and oxygen atoms in total. The number of nitrogens with one attached hydrogen (secondary N) is 1. The summed E-state index contributed by atoms with van der Waals surface area (Å²) in [5.74, 6) is -1.38. The molecule has 0 atom stereocenters. The van der Waals surface area contributed by atoms with Crippen molar-refractivity contribution in [3.8, 4) is 0 Å². The molecule has 0 spiro atoms. The Morgan fingerprint density at radius 2 is 2.15 bits per heavy atom. The van der Waals surface area contributed by atoms with E-state index in [2.05, 4.69) is 5.32 Å². The number of fused-ring (bicyclic) bond motifs is 1. The lowest BCUT2D eigenvalue weighted by Crippen LogP contribution is -2.45. The molecule has 1 aromatic rings. The van der Waals surface area contributed by atoms with E-state index in [-0.39, 0.29) is 6.54 Å². The molecule has 1 aliphatic rings. The van der Waals surface area contributed by atoms with E-state index in [0.29, 0.717) is 18.7 Å². The average Bonchev–Trinajstić information content (AvgIpc) is 2.78. The fourth-order valence-electron chi connectivity index (χ4n) is 2.03. The highest BCUT2D eigenvalue weighted by atomic mass is 19.1. The Labute approximate surface area is 116 Å². The normalized spacial score (nSPS) is 14.1. The zero-order valence-corrected chi connectivity index (χ0v) is 11.4. The van der Waals surface area contributed by atoms with Crippen molar-refractivity contribution in [2.24, 2.45) is 5.41 Å². The van der Waals surface area contributed by atoms with Gasteiger partial charge in [-0.15, -0.1) is 0 Å². The Balaban J connectivity index is 2.06. The van der Waals surface area contributed by atoms with Gasteiger partial charge in [0.05, 0.1) is 11.1 Å². The Morgan fingerprint density at radius 3 is 2.80 bits per heavy atom. The van der Waals surface area contributed by atoms with Crippen molar-refractivity contribution in [2.75, 3.05) is 18.0 Å². The minimum Gasteiger partial charge on any atom is -0.481 e. The first-order chi connectivity index (χ1) is 9.31. The summed E-state index contributed by atoms with van der Waals surface area (Å²) in [7, 11) is 0. The van der Waals surface area contributed by atoms with Gasteiger partial charge in [0.1, 0.15) is 5.82 Å². The predicted octanol–water partition coefficient (Wildman–Crippen LogP) is 2.01. The lowest BCUT2D eigenvalue weighted by Gasteiger charge is -2.23. The van der Waals surface area contributed by atoms with Crippen molar-refractivity contribution in [1.82, 2.24) is 5.32 Å². The number of hydrogen-bond donors (Lipinski definition) is 2. The third-order valence-corrected chi connectivity index (χ3v) is 3.45. The number of carbonyl (C=O) groups excluding carboxylic acids is 1. The zero-order valence-electron chi connectivity index (χ0n) is 11.4. The molecule has 0 unspecified atom stereocenters. The fourth-order valence-corrected chi connectivity index (χ4v) is 2.03. The molecular weight excluding hydrogens is 263 g/mol. The molecule has 0 saturated carbocycles. The van der Waals surface area contributed by atoms with Crippen LogP contribution in [0.5, 0.6) is 0 Å². The van der Waals surface area contributed by atoms with Gasteiger partial charge < -0.3 is 10.4 Å². The highest BCUT2D eigenvalue weighted by Gasteiger charge is 2.30. The topological polar surface area (TPSA) is 69.6 Å². The maximum Gasteiger partial charge on any atom is 0.321 e. The number of aliphatic carboxylic acids is 1. The number of urea groups is 1. The van der Waals surface area contributed by atoms with Crippen LogP contribution in [-0.4, -0.2) is 30.2 Å². The van der Waals surface area contributed by atoms with E-state index in [1.54, 1.807) is 6.07 Å². The molecule has 1 aliphatic heterocycles. The number of nitrogens with zero attached hydrogens (tertiary/aromatic N) is 1. The standard InChI is InChI=1S/C14H17FN2O3/c1-14(2,12(18)19)8-16-13(20)17-6-5-9-3-4-10(15)7-11(9)17/h3-4,7H,5-6,8H2,1-2H3,(H,16,20)(H,18,19). The summed E-state index contributed by atoms with van der Waals surface area (Å²) in [5, 5.41) is 11.6. The number of carboxylic acids is 1. The van der Waals surface area contributed by atoms with Gasteiger partial charge in [-0.05, 0) is 38.0 Å². The monoisotopic (exact) mass is 280 g/mol. The van der Waals surface area contributed by atoms with E-state index in [1.165, 1.54) is 30.9 Å². The van der Waals surface area contributed by atoms with Crippen LogP contribution in [-0.2, 0) is 11.2 Å². The number of halogens is 1. The molecule has 2 amide bonds. The van der Waals surface area contributed by atoms with Gasteiger partial charge in [0.15, 0.2) is 0 Å². The summed E-state index contributed by atoms with van der Waals surface area (Å²) in [6.07, 6.45) is 0.672. The van der Waals surface area contributed by atoms with Gasteiger partial charge in [0.25, 0.3) is 0 Å². The minimum absolute atomic E-state index is 0.0162. The third-order valence-electron chi connectivity index (χ3n) is 3.45. The number of benzene rings is 1. The molecule has 0 saturated heterocycles. The predicted molar refractivity (Wildman–Crippen MR) is 72.3 cm³/mol. The lowest BCUT2D eigenvalue weighted by atomic mass is 9.94. The molecule has 0 radical (unpaired) electrons. The second-order valence-electron chi connectivity index (χ2n) is 5.52.